The molecule has 1 atom stereocenters. The first-order valence-electron chi connectivity index (χ1n) is 12.6. The molecule has 4 N–H and O–H groups in total. The van der Waals surface area contributed by atoms with E-state index in [0.717, 1.165) is 50.2 Å². The highest BCUT2D eigenvalue weighted by Crippen LogP contribution is 2.38. The van der Waals surface area contributed by atoms with Crippen molar-refractivity contribution in [2.24, 2.45) is 5.73 Å². The van der Waals surface area contributed by atoms with E-state index in [1.807, 2.05) is 6.07 Å². The van der Waals surface area contributed by atoms with Gasteiger partial charge < -0.3 is 26.0 Å². The number of rotatable bonds is 7. The lowest BCUT2D eigenvalue weighted by Gasteiger charge is -2.30. The van der Waals surface area contributed by atoms with E-state index >= 15 is 0 Å². The number of alkyl halides is 3. The number of primary amides is 1. The Hall–Kier alpha value is -4.35. The Labute approximate surface area is 222 Å². The number of piperidine rings is 1. The molecule has 9 nitrogen and oxygen atoms in total. The fourth-order valence-corrected chi connectivity index (χ4v) is 4.65. The summed E-state index contributed by atoms with van der Waals surface area (Å²) in [5, 5.41) is 5.79. The molecule has 0 unspecified atom stereocenters. The first-order chi connectivity index (χ1) is 18.7. The number of nitrogens with two attached hydrogens (primary N) is 1. The van der Waals surface area contributed by atoms with Gasteiger partial charge in [-0.15, -0.1) is 0 Å². The van der Waals surface area contributed by atoms with E-state index in [-0.39, 0.29) is 23.2 Å². The van der Waals surface area contributed by atoms with Crippen molar-refractivity contribution < 1.29 is 27.5 Å². The van der Waals surface area contributed by atoms with Crippen LogP contribution < -0.4 is 26.0 Å². The highest BCUT2D eigenvalue weighted by molar-refractivity contribution is 5.92. The summed E-state index contributed by atoms with van der Waals surface area (Å²) in [6.45, 7) is 2.09. The second-order valence-electron chi connectivity index (χ2n) is 9.46. The highest BCUT2D eigenvalue weighted by atomic mass is 19.4. The summed E-state index contributed by atoms with van der Waals surface area (Å²) in [5.41, 5.74) is 6.07. The van der Waals surface area contributed by atoms with Gasteiger partial charge in [0.05, 0.1) is 11.3 Å². The Morgan fingerprint density at radius 1 is 1.05 bits per heavy atom. The average molecular weight is 541 g/mol. The van der Waals surface area contributed by atoms with E-state index in [4.69, 9.17) is 10.5 Å². The highest BCUT2D eigenvalue weighted by Gasteiger charge is 2.30. The second kappa shape index (κ2) is 10.8. The number of aromatic nitrogens is 2. The van der Waals surface area contributed by atoms with E-state index in [9.17, 15) is 22.8 Å². The van der Waals surface area contributed by atoms with E-state index in [1.165, 1.54) is 18.2 Å². The zero-order chi connectivity index (χ0) is 27.6. The number of halogens is 3. The van der Waals surface area contributed by atoms with Gasteiger partial charge in [-0.1, -0.05) is 0 Å². The number of carbonyl (C=O) groups is 2. The van der Waals surface area contributed by atoms with Crippen molar-refractivity contribution in [3.63, 3.8) is 0 Å². The van der Waals surface area contributed by atoms with Crippen LogP contribution in [0.15, 0.2) is 48.5 Å². The lowest BCUT2D eigenvalue weighted by molar-refractivity contribution is -0.137. The Bertz CT molecular complexity index is 1370. The normalized spacial score (nSPS) is 17.6. The van der Waals surface area contributed by atoms with Gasteiger partial charge in [-0.05, 0) is 68.1 Å². The molecule has 39 heavy (non-hydrogen) atoms. The Morgan fingerprint density at radius 3 is 2.44 bits per heavy atom. The van der Waals surface area contributed by atoms with Crippen molar-refractivity contribution in [2.45, 2.75) is 37.9 Å². The van der Waals surface area contributed by atoms with E-state index < -0.39 is 23.7 Å². The van der Waals surface area contributed by atoms with Crippen LogP contribution in [0.3, 0.4) is 0 Å². The molecular formula is C27H27F3N6O3. The summed E-state index contributed by atoms with van der Waals surface area (Å²) in [6, 6.07) is 10.7. The zero-order valence-electron chi connectivity index (χ0n) is 20.9. The van der Waals surface area contributed by atoms with Crippen LogP contribution in [-0.4, -0.2) is 47.5 Å². The van der Waals surface area contributed by atoms with Gasteiger partial charge in [-0.2, -0.15) is 13.2 Å². The summed E-state index contributed by atoms with van der Waals surface area (Å²) in [6.07, 6.45) is -0.809. The standard InChI is InChI=1S/C27H27F3N6O3/c28-27(29,30)17-5-7-18(8-6-17)39-22-9-4-16(14-21(22)36-12-2-1-3-13-36)25-34-20(24(31)37)15-23(35-25)33-19-10-11-32-26(19)38/h4-9,14-15,19H,1-3,10-13H2,(H2,31,37)(H,32,38)(H,33,34,35)/t19-/m0/s1. The molecule has 0 saturated carbocycles. The average Bonchev–Trinajstić information content (AvgIpc) is 3.33. The number of carbonyl (C=O) groups excluding carboxylic acids is 2. The maximum atomic E-state index is 13.0. The molecule has 2 aliphatic rings. The zero-order valence-corrected chi connectivity index (χ0v) is 20.9. The fraction of sp³-hybridized carbons (Fsp3) is 0.333. The van der Waals surface area contributed by atoms with Gasteiger partial charge in [0.1, 0.15) is 23.3 Å². The predicted octanol–water partition coefficient (Wildman–Crippen LogP) is 4.34. The molecule has 3 aromatic rings. The predicted molar refractivity (Wildman–Crippen MR) is 139 cm³/mol. The van der Waals surface area contributed by atoms with Gasteiger partial charge in [0.2, 0.25) is 5.91 Å². The summed E-state index contributed by atoms with van der Waals surface area (Å²) in [5.74, 6) is 0.353. The lowest BCUT2D eigenvalue weighted by Crippen LogP contribution is -2.30. The Morgan fingerprint density at radius 2 is 1.79 bits per heavy atom. The lowest BCUT2D eigenvalue weighted by atomic mass is 10.1. The number of amides is 2. The van der Waals surface area contributed by atoms with Crippen molar-refractivity contribution in [3.05, 3.63) is 59.8 Å². The third-order valence-corrected chi connectivity index (χ3v) is 6.67. The smallest absolute Gasteiger partial charge is 0.416 e. The summed E-state index contributed by atoms with van der Waals surface area (Å²) >= 11 is 0. The minimum absolute atomic E-state index is 0.00879. The number of benzene rings is 2. The molecule has 2 aliphatic heterocycles. The minimum Gasteiger partial charge on any atom is -0.455 e. The molecule has 0 spiro atoms. The topological polar surface area (TPSA) is 122 Å². The minimum atomic E-state index is -4.44. The molecule has 2 amide bonds. The summed E-state index contributed by atoms with van der Waals surface area (Å²) < 4.78 is 45.0. The van der Waals surface area contributed by atoms with Gasteiger partial charge in [0.25, 0.3) is 5.91 Å². The van der Waals surface area contributed by atoms with Gasteiger partial charge in [-0.25, -0.2) is 9.97 Å². The summed E-state index contributed by atoms with van der Waals surface area (Å²) in [7, 11) is 0. The largest absolute Gasteiger partial charge is 0.455 e. The number of hydrogen-bond donors (Lipinski definition) is 3. The van der Waals surface area contributed by atoms with Crippen LogP contribution in [0.2, 0.25) is 0 Å². The van der Waals surface area contributed by atoms with Gasteiger partial charge in [0, 0.05) is 31.3 Å². The number of nitrogens with zero attached hydrogens (tertiary/aromatic N) is 3. The van der Waals surface area contributed by atoms with Crippen LogP contribution in [0.4, 0.5) is 24.7 Å². The first kappa shape index (κ1) is 26.3. The first-order valence-corrected chi connectivity index (χ1v) is 12.6. The van der Waals surface area contributed by atoms with Crippen molar-refractivity contribution in [2.75, 3.05) is 29.9 Å². The van der Waals surface area contributed by atoms with Crippen molar-refractivity contribution >= 4 is 23.3 Å². The Kier molecular flexibility index (Phi) is 7.27. The van der Waals surface area contributed by atoms with E-state index in [0.29, 0.717) is 30.1 Å². The van der Waals surface area contributed by atoms with Crippen molar-refractivity contribution in [1.29, 1.82) is 0 Å². The van der Waals surface area contributed by atoms with E-state index in [1.54, 1.807) is 12.1 Å². The van der Waals surface area contributed by atoms with Crippen molar-refractivity contribution in [3.8, 4) is 22.9 Å². The Balaban J connectivity index is 1.50. The number of nitrogens with one attached hydrogen (secondary N) is 2. The van der Waals surface area contributed by atoms with Crippen LogP contribution in [0.1, 0.15) is 41.7 Å². The molecule has 204 valence electrons. The van der Waals surface area contributed by atoms with Crippen molar-refractivity contribution in [1.82, 2.24) is 15.3 Å². The molecule has 2 fully saturated rings. The van der Waals surface area contributed by atoms with E-state index in [2.05, 4.69) is 25.5 Å². The molecule has 0 aliphatic carbocycles. The maximum Gasteiger partial charge on any atom is 0.416 e. The molecule has 5 rings (SSSR count). The van der Waals surface area contributed by atoms with Crippen LogP contribution in [-0.2, 0) is 11.0 Å². The van der Waals surface area contributed by atoms with Gasteiger partial charge >= 0.3 is 6.18 Å². The van der Waals surface area contributed by atoms with Gasteiger partial charge in [-0.3, -0.25) is 9.59 Å². The third-order valence-electron chi connectivity index (χ3n) is 6.67. The number of ether oxygens (including phenoxy) is 1. The van der Waals surface area contributed by atoms with Crippen LogP contribution in [0, 0.1) is 0 Å². The molecule has 2 aromatic carbocycles. The molecule has 12 heteroatoms. The molecule has 1 aromatic heterocycles. The van der Waals surface area contributed by atoms with Crippen LogP contribution in [0.25, 0.3) is 11.4 Å². The van der Waals surface area contributed by atoms with Crippen LogP contribution in [0.5, 0.6) is 11.5 Å². The third kappa shape index (κ3) is 6.05. The molecule has 2 saturated heterocycles. The number of anilines is 2. The quantitative estimate of drug-likeness (QED) is 0.407. The number of hydrogen-bond acceptors (Lipinski definition) is 7. The summed E-state index contributed by atoms with van der Waals surface area (Å²) in [4.78, 5) is 35.1. The maximum absolute atomic E-state index is 13.0. The SMILES string of the molecule is NC(=O)c1cc(N[C@H]2CCNC2=O)nc(-c2ccc(Oc3ccc(C(F)(F)F)cc3)c(N3CCCCC3)c2)n1. The monoisotopic (exact) mass is 540 g/mol. The molecular weight excluding hydrogens is 513 g/mol. The molecule has 0 bridgehead atoms. The fourth-order valence-electron chi connectivity index (χ4n) is 4.65. The molecule has 0 radical (unpaired) electrons. The second-order valence-corrected chi connectivity index (χ2v) is 9.46. The molecule has 3 heterocycles. The van der Waals surface area contributed by atoms with Crippen LogP contribution >= 0.6 is 0 Å². The van der Waals surface area contributed by atoms with Gasteiger partial charge in [0.15, 0.2) is 11.6 Å².